The molecule has 1 fully saturated rings. The first-order chi connectivity index (χ1) is 11.8. The number of fused-ring (bicyclic) bond motifs is 1. The van der Waals surface area contributed by atoms with Gasteiger partial charge in [0.15, 0.2) is 0 Å². The van der Waals surface area contributed by atoms with Crippen LogP contribution in [0.3, 0.4) is 0 Å². The molecule has 2 aromatic heterocycles. The van der Waals surface area contributed by atoms with Crippen molar-refractivity contribution >= 4 is 40.6 Å². The molecule has 3 aromatic rings. The summed E-state index contributed by atoms with van der Waals surface area (Å²) in [7, 11) is 0. The molecule has 0 bridgehead atoms. The van der Waals surface area contributed by atoms with E-state index in [1.165, 1.54) is 0 Å². The zero-order valence-corrected chi connectivity index (χ0v) is 15.4. The van der Waals surface area contributed by atoms with Crippen LogP contribution in [0.1, 0.15) is 18.9 Å². The lowest BCUT2D eigenvalue weighted by molar-refractivity contribution is -0.120. The average molecular weight is 374 g/mol. The Morgan fingerprint density at radius 2 is 1.88 bits per heavy atom. The molecule has 0 saturated heterocycles. The molecule has 25 heavy (non-hydrogen) atoms. The second-order valence-corrected chi connectivity index (χ2v) is 8.26. The number of alkyl halides is 2. The Hall–Kier alpha value is -2.04. The van der Waals surface area contributed by atoms with Crippen LogP contribution in [0.4, 0.5) is 5.82 Å². The van der Waals surface area contributed by atoms with E-state index in [-0.39, 0.29) is 5.91 Å². The molecular formula is C19H17Cl2N3O. The smallest absolute Gasteiger partial charge is 0.234 e. The number of aryl methyl sites for hydroxylation is 1. The molecule has 0 radical (unpaired) electrons. The number of carbonyl (C=O) groups excluding carboxylic acids is 1. The highest BCUT2D eigenvalue weighted by Crippen LogP contribution is 2.64. The number of pyridine rings is 1. The van der Waals surface area contributed by atoms with Crippen molar-refractivity contribution in [3.05, 3.63) is 54.2 Å². The van der Waals surface area contributed by atoms with Gasteiger partial charge < -0.3 is 5.32 Å². The molecule has 1 aliphatic carbocycles. The molecule has 1 N–H and O–H groups in total. The van der Waals surface area contributed by atoms with Gasteiger partial charge in [-0.05, 0) is 31.9 Å². The number of hydrogen-bond acceptors (Lipinski definition) is 2. The Bertz CT molecular complexity index is 981. The number of carbonyl (C=O) groups is 1. The maximum absolute atomic E-state index is 12.8. The highest BCUT2D eigenvalue weighted by molar-refractivity contribution is 6.53. The van der Waals surface area contributed by atoms with Gasteiger partial charge in [-0.25, -0.2) is 4.98 Å². The minimum Gasteiger partial charge on any atom is -0.309 e. The number of halogens is 2. The predicted octanol–water partition coefficient (Wildman–Crippen LogP) is 4.83. The average Bonchev–Trinajstić information content (AvgIpc) is 2.94. The van der Waals surface area contributed by atoms with E-state index < -0.39 is 9.75 Å². The van der Waals surface area contributed by atoms with Crippen molar-refractivity contribution in [3.63, 3.8) is 0 Å². The predicted molar refractivity (Wildman–Crippen MR) is 101 cm³/mol. The van der Waals surface area contributed by atoms with Crippen LogP contribution in [-0.2, 0) is 4.79 Å². The third kappa shape index (κ3) is 2.60. The van der Waals surface area contributed by atoms with E-state index in [9.17, 15) is 4.79 Å². The zero-order valence-electron chi connectivity index (χ0n) is 13.9. The normalized spacial score (nSPS) is 21.3. The molecule has 1 aromatic carbocycles. The van der Waals surface area contributed by atoms with Crippen LogP contribution in [0.2, 0.25) is 0 Å². The Morgan fingerprint density at radius 1 is 1.20 bits per heavy atom. The molecule has 128 valence electrons. The Balaban J connectivity index is 1.83. The Labute approximate surface area is 155 Å². The molecule has 1 saturated carbocycles. The zero-order chi connectivity index (χ0) is 17.8. The van der Waals surface area contributed by atoms with Crippen molar-refractivity contribution in [1.82, 2.24) is 9.38 Å². The summed E-state index contributed by atoms with van der Waals surface area (Å²) in [5.41, 5.74) is 2.70. The third-order valence-electron chi connectivity index (χ3n) is 4.80. The molecule has 0 aliphatic heterocycles. The van der Waals surface area contributed by atoms with Gasteiger partial charge in [0.1, 0.15) is 21.5 Å². The van der Waals surface area contributed by atoms with Crippen molar-refractivity contribution in [2.24, 2.45) is 5.41 Å². The lowest BCUT2D eigenvalue weighted by Crippen LogP contribution is -2.26. The summed E-state index contributed by atoms with van der Waals surface area (Å²) in [6, 6.07) is 13.7. The van der Waals surface area contributed by atoms with Crippen LogP contribution in [0.25, 0.3) is 16.9 Å². The van der Waals surface area contributed by atoms with Gasteiger partial charge in [-0.2, -0.15) is 0 Å². The van der Waals surface area contributed by atoms with Gasteiger partial charge in [0.05, 0.1) is 5.41 Å². The fourth-order valence-corrected chi connectivity index (χ4v) is 3.67. The van der Waals surface area contributed by atoms with E-state index in [4.69, 9.17) is 28.2 Å². The van der Waals surface area contributed by atoms with E-state index in [0.29, 0.717) is 12.2 Å². The number of aromatic nitrogens is 2. The molecule has 1 aliphatic rings. The van der Waals surface area contributed by atoms with E-state index in [1.54, 1.807) is 6.92 Å². The number of rotatable bonds is 3. The number of amides is 1. The standard InChI is InChI=1S/C19H17Cl2N3O/c1-12-8-9-14-22-15(13-6-4-3-5-7-13)16(24(14)10-12)23-17(25)18(2)11-19(18,20)21/h3-10H,11H2,1-2H3,(H,23,25)/t18-/m0/s1. The summed E-state index contributed by atoms with van der Waals surface area (Å²) < 4.78 is 0.881. The Kier molecular flexibility index (Phi) is 3.60. The van der Waals surface area contributed by atoms with E-state index >= 15 is 0 Å². The largest absolute Gasteiger partial charge is 0.309 e. The molecule has 6 heteroatoms. The Morgan fingerprint density at radius 3 is 2.52 bits per heavy atom. The molecule has 0 unspecified atom stereocenters. The van der Waals surface area contributed by atoms with E-state index in [0.717, 1.165) is 22.5 Å². The summed E-state index contributed by atoms with van der Waals surface area (Å²) >= 11 is 12.3. The summed E-state index contributed by atoms with van der Waals surface area (Å²) in [6.07, 6.45) is 2.39. The van der Waals surface area contributed by atoms with E-state index in [1.807, 2.05) is 60.0 Å². The molecular weight excluding hydrogens is 357 g/mol. The van der Waals surface area contributed by atoms with Crippen molar-refractivity contribution < 1.29 is 4.79 Å². The quantitative estimate of drug-likeness (QED) is 0.668. The highest BCUT2D eigenvalue weighted by Gasteiger charge is 2.68. The van der Waals surface area contributed by atoms with Gasteiger partial charge in [0.25, 0.3) is 0 Å². The number of nitrogens with zero attached hydrogens (tertiary/aromatic N) is 2. The van der Waals surface area contributed by atoms with Gasteiger partial charge in [-0.3, -0.25) is 9.20 Å². The summed E-state index contributed by atoms with van der Waals surface area (Å²) in [6.45, 7) is 3.77. The first-order valence-electron chi connectivity index (χ1n) is 8.05. The topological polar surface area (TPSA) is 46.4 Å². The maximum Gasteiger partial charge on any atom is 0.234 e. The summed E-state index contributed by atoms with van der Waals surface area (Å²) in [4.78, 5) is 17.5. The van der Waals surface area contributed by atoms with Crippen LogP contribution >= 0.6 is 23.2 Å². The van der Waals surface area contributed by atoms with E-state index in [2.05, 4.69) is 5.32 Å². The SMILES string of the molecule is Cc1ccc2nc(-c3ccccc3)c(NC(=O)[C@]3(C)CC3(Cl)Cl)n2c1. The number of hydrogen-bond donors (Lipinski definition) is 1. The first kappa shape index (κ1) is 16.4. The van der Waals surface area contributed by atoms with Gasteiger partial charge >= 0.3 is 0 Å². The van der Waals surface area contributed by atoms with Gasteiger partial charge in [0.2, 0.25) is 5.91 Å². The summed E-state index contributed by atoms with van der Waals surface area (Å²) in [5, 5.41) is 3.01. The first-order valence-corrected chi connectivity index (χ1v) is 8.81. The number of imidazole rings is 1. The number of nitrogens with one attached hydrogen (secondary N) is 1. The molecule has 4 rings (SSSR count). The number of benzene rings is 1. The number of anilines is 1. The molecule has 1 atom stereocenters. The lowest BCUT2D eigenvalue weighted by atomic mass is 10.1. The molecule has 4 nitrogen and oxygen atoms in total. The van der Waals surface area contributed by atoms with Crippen molar-refractivity contribution in [1.29, 1.82) is 0 Å². The fraction of sp³-hybridized carbons (Fsp3) is 0.263. The van der Waals surface area contributed by atoms with Crippen LogP contribution < -0.4 is 5.32 Å². The van der Waals surface area contributed by atoms with Crippen molar-refractivity contribution in [2.45, 2.75) is 24.6 Å². The van der Waals surface area contributed by atoms with Crippen LogP contribution in [0, 0.1) is 12.3 Å². The van der Waals surface area contributed by atoms with Gasteiger partial charge in [0, 0.05) is 11.8 Å². The van der Waals surface area contributed by atoms with Crippen molar-refractivity contribution in [2.75, 3.05) is 5.32 Å². The van der Waals surface area contributed by atoms with Crippen LogP contribution in [0.15, 0.2) is 48.7 Å². The summed E-state index contributed by atoms with van der Waals surface area (Å²) in [5.74, 6) is 0.435. The van der Waals surface area contributed by atoms with Crippen molar-refractivity contribution in [3.8, 4) is 11.3 Å². The minimum absolute atomic E-state index is 0.196. The maximum atomic E-state index is 12.8. The minimum atomic E-state index is -1.01. The second-order valence-electron chi connectivity index (χ2n) is 6.78. The fourth-order valence-electron chi connectivity index (χ4n) is 2.96. The van der Waals surface area contributed by atoms with Gasteiger partial charge in [-0.1, -0.05) is 36.4 Å². The van der Waals surface area contributed by atoms with Gasteiger partial charge in [-0.15, -0.1) is 23.2 Å². The molecule has 0 spiro atoms. The third-order valence-corrected chi connectivity index (χ3v) is 5.91. The highest BCUT2D eigenvalue weighted by atomic mass is 35.5. The monoisotopic (exact) mass is 373 g/mol. The lowest BCUT2D eigenvalue weighted by Gasteiger charge is -2.14. The molecule has 2 heterocycles. The second kappa shape index (κ2) is 5.48. The van der Waals surface area contributed by atoms with Crippen LogP contribution in [-0.4, -0.2) is 19.6 Å². The molecule has 1 amide bonds. The van der Waals surface area contributed by atoms with Crippen LogP contribution in [0.5, 0.6) is 0 Å².